The number of thiazole rings is 1. The molecule has 3 rings (SSSR count). The van der Waals surface area contributed by atoms with Crippen LogP contribution in [0, 0.1) is 6.92 Å². The maximum absolute atomic E-state index is 12.4. The summed E-state index contributed by atoms with van der Waals surface area (Å²) in [5, 5.41) is 4.89. The second-order valence-electron chi connectivity index (χ2n) is 6.07. The molecule has 1 heterocycles. The number of rotatable bonds is 6. The molecule has 0 unspecified atom stereocenters. The summed E-state index contributed by atoms with van der Waals surface area (Å²) in [6, 6.07) is 13.6. The van der Waals surface area contributed by atoms with Gasteiger partial charge < -0.3 is 5.32 Å². The molecule has 0 spiro atoms. The Hall–Kier alpha value is -2.71. The first-order valence-corrected chi connectivity index (χ1v) is 10.6. The van der Waals surface area contributed by atoms with Crippen molar-refractivity contribution in [3.63, 3.8) is 0 Å². The molecule has 140 valence electrons. The molecule has 8 heteroatoms. The van der Waals surface area contributed by atoms with Gasteiger partial charge in [0.15, 0.2) is 5.13 Å². The van der Waals surface area contributed by atoms with Crippen LogP contribution in [0.3, 0.4) is 0 Å². The van der Waals surface area contributed by atoms with Crippen LogP contribution in [0.2, 0.25) is 0 Å². The van der Waals surface area contributed by atoms with Gasteiger partial charge in [0.1, 0.15) is 0 Å². The lowest BCUT2D eigenvalue weighted by Crippen LogP contribution is -2.26. The van der Waals surface area contributed by atoms with Crippen molar-refractivity contribution in [2.75, 3.05) is 4.72 Å². The fraction of sp³-hybridized carbons (Fsp3) is 0.158. The fourth-order valence-corrected chi connectivity index (χ4v) is 4.24. The highest BCUT2D eigenvalue weighted by atomic mass is 32.2. The molecule has 0 aliphatic heterocycles. The van der Waals surface area contributed by atoms with Gasteiger partial charge in [0.05, 0.1) is 10.9 Å². The number of sulfonamides is 1. The lowest BCUT2D eigenvalue weighted by Gasteiger charge is -2.15. The minimum Gasteiger partial charge on any atom is -0.346 e. The first-order chi connectivity index (χ1) is 12.8. The molecule has 1 amide bonds. The van der Waals surface area contributed by atoms with E-state index in [1.165, 1.54) is 41.8 Å². The Morgan fingerprint density at radius 2 is 1.74 bits per heavy atom. The van der Waals surface area contributed by atoms with Gasteiger partial charge in [-0.25, -0.2) is 13.4 Å². The number of nitrogens with one attached hydrogen (secondary N) is 2. The first-order valence-electron chi connectivity index (χ1n) is 8.25. The van der Waals surface area contributed by atoms with Crippen LogP contribution in [0.15, 0.2) is 65.0 Å². The molecule has 0 aliphatic carbocycles. The minimum atomic E-state index is -3.73. The van der Waals surface area contributed by atoms with E-state index in [0.717, 1.165) is 11.1 Å². The van der Waals surface area contributed by atoms with E-state index in [2.05, 4.69) is 15.0 Å². The number of amides is 1. The van der Waals surface area contributed by atoms with E-state index >= 15 is 0 Å². The van der Waals surface area contributed by atoms with Gasteiger partial charge in [0.25, 0.3) is 15.9 Å². The van der Waals surface area contributed by atoms with E-state index in [1.54, 1.807) is 5.38 Å². The Labute approximate surface area is 162 Å². The van der Waals surface area contributed by atoms with Crippen molar-refractivity contribution < 1.29 is 13.2 Å². The highest BCUT2D eigenvalue weighted by Crippen LogP contribution is 2.19. The van der Waals surface area contributed by atoms with Crippen molar-refractivity contribution in [1.82, 2.24) is 10.3 Å². The van der Waals surface area contributed by atoms with Gasteiger partial charge in [-0.3, -0.25) is 9.52 Å². The van der Waals surface area contributed by atoms with Crippen molar-refractivity contribution in [2.24, 2.45) is 0 Å². The zero-order chi connectivity index (χ0) is 19.4. The summed E-state index contributed by atoms with van der Waals surface area (Å²) >= 11 is 1.19. The Balaban J connectivity index is 1.69. The zero-order valence-corrected chi connectivity index (χ0v) is 16.5. The molecule has 3 aromatic rings. The Kier molecular flexibility index (Phi) is 5.57. The molecule has 2 aromatic carbocycles. The van der Waals surface area contributed by atoms with Gasteiger partial charge >= 0.3 is 0 Å². The summed E-state index contributed by atoms with van der Waals surface area (Å²) in [5.74, 6) is -0.264. The molecule has 0 bridgehead atoms. The maximum atomic E-state index is 12.4. The van der Waals surface area contributed by atoms with Crippen LogP contribution in [0.1, 0.15) is 34.5 Å². The summed E-state index contributed by atoms with van der Waals surface area (Å²) in [5.41, 5.74) is 2.54. The highest BCUT2D eigenvalue weighted by molar-refractivity contribution is 7.93. The Bertz CT molecular complexity index is 1010. The second-order valence-corrected chi connectivity index (χ2v) is 8.65. The highest BCUT2D eigenvalue weighted by Gasteiger charge is 2.17. The number of hydrogen-bond acceptors (Lipinski definition) is 5. The molecule has 0 radical (unpaired) electrons. The SMILES string of the molecule is Cc1ccc([C@H](C)NC(=O)c2ccc(S(=O)(=O)Nc3nccs3)cc2)cc1. The average Bonchev–Trinajstić information content (AvgIpc) is 3.14. The number of aryl methyl sites for hydroxylation is 1. The van der Waals surface area contributed by atoms with Gasteiger partial charge in [0.2, 0.25) is 0 Å². The van der Waals surface area contributed by atoms with Crippen LogP contribution in [0.5, 0.6) is 0 Å². The number of carbonyl (C=O) groups excluding carboxylic acids is 1. The normalized spacial score (nSPS) is 12.4. The van der Waals surface area contributed by atoms with Crippen LogP contribution >= 0.6 is 11.3 Å². The van der Waals surface area contributed by atoms with Crippen LogP contribution in [-0.2, 0) is 10.0 Å². The Morgan fingerprint density at radius 3 is 2.33 bits per heavy atom. The second kappa shape index (κ2) is 7.89. The molecule has 0 saturated heterocycles. The number of anilines is 1. The molecule has 0 fully saturated rings. The van der Waals surface area contributed by atoms with Crippen LogP contribution in [0.25, 0.3) is 0 Å². The summed E-state index contributed by atoms with van der Waals surface area (Å²) in [6.45, 7) is 3.91. The van der Waals surface area contributed by atoms with Crippen LogP contribution < -0.4 is 10.0 Å². The van der Waals surface area contributed by atoms with Crippen molar-refractivity contribution >= 4 is 32.4 Å². The van der Waals surface area contributed by atoms with Gasteiger partial charge in [-0.15, -0.1) is 11.3 Å². The van der Waals surface area contributed by atoms with Crippen molar-refractivity contribution in [3.05, 3.63) is 76.8 Å². The largest absolute Gasteiger partial charge is 0.346 e. The zero-order valence-electron chi connectivity index (χ0n) is 14.8. The molecule has 2 N–H and O–H groups in total. The number of hydrogen-bond donors (Lipinski definition) is 2. The lowest BCUT2D eigenvalue weighted by molar-refractivity contribution is 0.0940. The standard InChI is InChI=1S/C19H19N3O3S2/c1-13-3-5-15(6-4-13)14(2)21-18(23)16-7-9-17(10-8-16)27(24,25)22-19-20-11-12-26-19/h3-12,14H,1-2H3,(H,20,22)(H,21,23)/t14-/m0/s1. The number of nitrogens with zero attached hydrogens (tertiary/aromatic N) is 1. The third kappa shape index (κ3) is 4.72. The van der Waals surface area contributed by atoms with E-state index in [1.807, 2.05) is 38.1 Å². The van der Waals surface area contributed by atoms with E-state index < -0.39 is 10.0 Å². The van der Waals surface area contributed by atoms with Crippen LogP contribution in [0.4, 0.5) is 5.13 Å². The third-order valence-corrected chi connectivity index (χ3v) is 6.18. The monoisotopic (exact) mass is 401 g/mol. The predicted molar refractivity (Wildman–Crippen MR) is 106 cm³/mol. The smallest absolute Gasteiger partial charge is 0.263 e. The summed E-state index contributed by atoms with van der Waals surface area (Å²) in [7, 11) is -3.73. The van der Waals surface area contributed by atoms with Gasteiger partial charge in [-0.2, -0.15) is 0 Å². The Morgan fingerprint density at radius 1 is 1.07 bits per heavy atom. The van der Waals surface area contributed by atoms with E-state index in [-0.39, 0.29) is 16.8 Å². The van der Waals surface area contributed by atoms with Gasteiger partial charge in [-0.1, -0.05) is 29.8 Å². The summed E-state index contributed by atoms with van der Waals surface area (Å²) in [6.07, 6.45) is 1.52. The number of benzene rings is 2. The van der Waals surface area contributed by atoms with Gasteiger partial charge in [0, 0.05) is 17.1 Å². The van der Waals surface area contributed by atoms with Gasteiger partial charge in [-0.05, 0) is 43.7 Å². The van der Waals surface area contributed by atoms with Crippen LogP contribution in [-0.4, -0.2) is 19.3 Å². The molecule has 6 nitrogen and oxygen atoms in total. The van der Waals surface area contributed by atoms with E-state index in [4.69, 9.17) is 0 Å². The molecule has 1 atom stereocenters. The molecule has 0 saturated carbocycles. The van der Waals surface area contributed by atoms with Crippen molar-refractivity contribution in [2.45, 2.75) is 24.8 Å². The quantitative estimate of drug-likeness (QED) is 0.658. The third-order valence-electron chi connectivity index (χ3n) is 4.01. The minimum absolute atomic E-state index is 0.0702. The summed E-state index contributed by atoms with van der Waals surface area (Å²) < 4.78 is 27.1. The first kappa shape index (κ1) is 19.1. The molecule has 1 aromatic heterocycles. The summed E-state index contributed by atoms with van der Waals surface area (Å²) in [4.78, 5) is 16.4. The molecular weight excluding hydrogens is 382 g/mol. The fourth-order valence-electron chi connectivity index (χ4n) is 2.45. The van der Waals surface area contributed by atoms with Crippen molar-refractivity contribution in [1.29, 1.82) is 0 Å². The molecule has 0 aliphatic rings. The number of aromatic nitrogens is 1. The van der Waals surface area contributed by atoms with Crippen molar-refractivity contribution in [3.8, 4) is 0 Å². The lowest BCUT2D eigenvalue weighted by atomic mass is 10.1. The molecular formula is C19H19N3O3S2. The van der Waals surface area contributed by atoms with E-state index in [0.29, 0.717) is 10.7 Å². The van der Waals surface area contributed by atoms with E-state index in [9.17, 15) is 13.2 Å². The maximum Gasteiger partial charge on any atom is 0.263 e. The number of carbonyl (C=O) groups is 1. The predicted octanol–water partition coefficient (Wildman–Crippen LogP) is 3.74. The molecule has 27 heavy (non-hydrogen) atoms. The average molecular weight is 402 g/mol. The topological polar surface area (TPSA) is 88.2 Å².